The van der Waals surface area contributed by atoms with E-state index in [-0.39, 0.29) is 29.8 Å². The van der Waals surface area contributed by atoms with Crippen LogP contribution in [-0.2, 0) is 30.9 Å². The number of fused-ring (bicyclic) bond motifs is 1. The maximum atomic E-state index is 13.3. The SMILES string of the molecule is COC(=O)CN(Cc1ccc(Cl)cc1)C(=O)C1CCN(C2=NS(=O)(=O)c3ccccc32)CC1. The van der Waals surface area contributed by atoms with Crippen LogP contribution in [0.5, 0.6) is 0 Å². The molecule has 1 fully saturated rings. The molecule has 174 valence electrons. The molecule has 2 aromatic carbocycles. The van der Waals surface area contributed by atoms with Crippen LogP contribution in [0.15, 0.2) is 57.8 Å². The zero-order valence-electron chi connectivity index (χ0n) is 18.1. The Hall–Kier alpha value is -2.91. The maximum Gasteiger partial charge on any atom is 0.325 e. The summed E-state index contributed by atoms with van der Waals surface area (Å²) in [6.07, 6.45) is 1.05. The van der Waals surface area contributed by atoms with E-state index < -0.39 is 16.0 Å². The first-order chi connectivity index (χ1) is 15.8. The summed E-state index contributed by atoms with van der Waals surface area (Å²) in [5.41, 5.74) is 1.45. The summed E-state index contributed by atoms with van der Waals surface area (Å²) in [5.74, 6) is -0.468. The van der Waals surface area contributed by atoms with E-state index in [1.807, 2.05) is 17.0 Å². The molecule has 1 saturated heterocycles. The summed E-state index contributed by atoms with van der Waals surface area (Å²) >= 11 is 5.95. The number of carbonyl (C=O) groups is 2. The first-order valence-corrected chi connectivity index (χ1v) is 12.4. The summed E-state index contributed by atoms with van der Waals surface area (Å²) in [7, 11) is -2.40. The van der Waals surface area contributed by atoms with Gasteiger partial charge in [0.25, 0.3) is 10.0 Å². The molecule has 0 bridgehead atoms. The summed E-state index contributed by atoms with van der Waals surface area (Å²) in [6, 6.07) is 13.9. The van der Waals surface area contributed by atoms with Gasteiger partial charge in [-0.15, -0.1) is 4.40 Å². The average molecular weight is 490 g/mol. The van der Waals surface area contributed by atoms with Crippen molar-refractivity contribution in [2.24, 2.45) is 10.3 Å². The number of nitrogens with zero attached hydrogens (tertiary/aromatic N) is 3. The first-order valence-electron chi connectivity index (χ1n) is 10.6. The van der Waals surface area contributed by atoms with E-state index in [1.165, 1.54) is 12.0 Å². The fourth-order valence-corrected chi connectivity index (χ4v) is 5.51. The number of amidine groups is 1. The van der Waals surface area contributed by atoms with Crippen molar-refractivity contribution in [3.63, 3.8) is 0 Å². The molecule has 0 aliphatic carbocycles. The molecule has 0 saturated carbocycles. The largest absolute Gasteiger partial charge is 0.468 e. The Morgan fingerprint density at radius 2 is 1.79 bits per heavy atom. The van der Waals surface area contributed by atoms with E-state index >= 15 is 0 Å². The minimum absolute atomic E-state index is 0.128. The third-order valence-electron chi connectivity index (χ3n) is 5.90. The second-order valence-electron chi connectivity index (χ2n) is 8.04. The van der Waals surface area contributed by atoms with Crippen molar-refractivity contribution in [1.29, 1.82) is 0 Å². The molecule has 0 N–H and O–H groups in total. The predicted octanol–water partition coefficient (Wildman–Crippen LogP) is 2.70. The molecule has 2 aromatic rings. The summed E-state index contributed by atoms with van der Waals surface area (Å²) < 4.78 is 33.5. The van der Waals surface area contributed by atoms with Crippen LogP contribution in [0.25, 0.3) is 0 Å². The molecular weight excluding hydrogens is 466 g/mol. The number of likely N-dealkylation sites (tertiary alicyclic amines) is 1. The van der Waals surface area contributed by atoms with Gasteiger partial charge in [0.2, 0.25) is 5.91 Å². The van der Waals surface area contributed by atoms with Crippen molar-refractivity contribution in [3.05, 3.63) is 64.7 Å². The lowest BCUT2D eigenvalue weighted by Crippen LogP contribution is -2.45. The topological polar surface area (TPSA) is 96.3 Å². The van der Waals surface area contributed by atoms with Gasteiger partial charge in [0, 0.05) is 36.1 Å². The van der Waals surface area contributed by atoms with Gasteiger partial charge in [-0.25, -0.2) is 0 Å². The van der Waals surface area contributed by atoms with Crippen LogP contribution < -0.4 is 0 Å². The average Bonchev–Trinajstić information content (AvgIpc) is 3.10. The second kappa shape index (κ2) is 9.52. The number of hydrogen-bond acceptors (Lipinski definition) is 6. The molecule has 2 aliphatic rings. The van der Waals surface area contributed by atoms with Gasteiger partial charge in [0.05, 0.1) is 7.11 Å². The monoisotopic (exact) mass is 489 g/mol. The maximum absolute atomic E-state index is 13.3. The second-order valence-corrected chi connectivity index (χ2v) is 10.1. The first kappa shape index (κ1) is 23.3. The Bertz CT molecular complexity index is 1190. The van der Waals surface area contributed by atoms with E-state index in [0.29, 0.717) is 42.4 Å². The molecule has 0 unspecified atom stereocenters. The van der Waals surface area contributed by atoms with Gasteiger partial charge in [-0.2, -0.15) is 8.42 Å². The fraction of sp³-hybridized carbons (Fsp3) is 0.348. The number of hydrogen-bond donors (Lipinski definition) is 0. The Kier molecular flexibility index (Phi) is 6.71. The molecule has 4 rings (SSSR count). The fourth-order valence-electron chi connectivity index (χ4n) is 4.16. The Balaban J connectivity index is 1.45. The highest BCUT2D eigenvalue weighted by Crippen LogP contribution is 2.30. The van der Waals surface area contributed by atoms with E-state index in [2.05, 4.69) is 4.40 Å². The smallest absolute Gasteiger partial charge is 0.325 e. The zero-order chi connectivity index (χ0) is 23.6. The number of benzene rings is 2. The Labute approximate surface area is 197 Å². The number of piperidine rings is 1. The van der Waals surface area contributed by atoms with Crippen molar-refractivity contribution in [2.45, 2.75) is 24.3 Å². The molecular formula is C23H24ClN3O5S. The van der Waals surface area contributed by atoms with Crippen LogP contribution in [0.3, 0.4) is 0 Å². The summed E-state index contributed by atoms with van der Waals surface area (Å²) in [6.45, 7) is 1.11. The van der Waals surface area contributed by atoms with Crippen LogP contribution in [0.2, 0.25) is 5.02 Å². The molecule has 2 aliphatic heterocycles. The van der Waals surface area contributed by atoms with Crippen LogP contribution in [0, 0.1) is 5.92 Å². The summed E-state index contributed by atoms with van der Waals surface area (Å²) in [4.78, 5) is 28.9. The molecule has 2 heterocycles. The number of rotatable bonds is 5. The molecule has 33 heavy (non-hydrogen) atoms. The number of carbonyl (C=O) groups excluding carboxylic acids is 2. The Morgan fingerprint density at radius 1 is 1.12 bits per heavy atom. The highest BCUT2D eigenvalue weighted by Gasteiger charge is 2.35. The van der Waals surface area contributed by atoms with Gasteiger partial charge in [-0.1, -0.05) is 35.9 Å². The van der Waals surface area contributed by atoms with Crippen LogP contribution in [-0.4, -0.2) is 62.7 Å². The number of halogens is 1. The molecule has 0 aromatic heterocycles. The third-order valence-corrected chi connectivity index (χ3v) is 7.48. The lowest BCUT2D eigenvalue weighted by Gasteiger charge is -2.35. The molecule has 10 heteroatoms. The normalized spacial score (nSPS) is 17.3. The van der Waals surface area contributed by atoms with Gasteiger partial charge >= 0.3 is 5.97 Å². The third kappa shape index (κ3) is 5.04. The van der Waals surface area contributed by atoms with Gasteiger partial charge in [0.1, 0.15) is 11.4 Å². The number of ether oxygens (including phenoxy) is 1. The predicted molar refractivity (Wildman–Crippen MR) is 123 cm³/mol. The minimum atomic E-state index is -3.69. The number of sulfonamides is 1. The van der Waals surface area contributed by atoms with Crippen molar-refractivity contribution in [3.8, 4) is 0 Å². The summed E-state index contributed by atoms with van der Waals surface area (Å²) in [5, 5.41) is 0.593. The highest BCUT2D eigenvalue weighted by atomic mass is 35.5. The van der Waals surface area contributed by atoms with Gasteiger partial charge in [-0.3, -0.25) is 9.59 Å². The molecule has 8 nitrogen and oxygen atoms in total. The molecule has 1 amide bonds. The van der Waals surface area contributed by atoms with Gasteiger partial charge < -0.3 is 14.5 Å². The van der Waals surface area contributed by atoms with Crippen molar-refractivity contribution in [1.82, 2.24) is 9.80 Å². The van der Waals surface area contributed by atoms with Gasteiger partial charge in [-0.05, 0) is 42.7 Å². The van der Waals surface area contributed by atoms with Crippen LogP contribution >= 0.6 is 11.6 Å². The van der Waals surface area contributed by atoms with E-state index in [9.17, 15) is 18.0 Å². The van der Waals surface area contributed by atoms with E-state index in [1.54, 1.807) is 36.4 Å². The number of esters is 1. The lowest BCUT2D eigenvalue weighted by atomic mass is 9.94. The molecule has 0 radical (unpaired) electrons. The number of amides is 1. The zero-order valence-corrected chi connectivity index (χ0v) is 19.7. The van der Waals surface area contributed by atoms with Crippen LogP contribution in [0.4, 0.5) is 0 Å². The molecule has 0 spiro atoms. The number of methoxy groups -OCH3 is 1. The minimum Gasteiger partial charge on any atom is -0.468 e. The van der Waals surface area contributed by atoms with Crippen molar-refractivity contribution in [2.75, 3.05) is 26.7 Å². The Morgan fingerprint density at radius 3 is 2.45 bits per heavy atom. The van der Waals surface area contributed by atoms with Gasteiger partial charge in [0.15, 0.2) is 5.84 Å². The molecule has 0 atom stereocenters. The highest BCUT2D eigenvalue weighted by molar-refractivity contribution is 7.90. The van der Waals surface area contributed by atoms with E-state index in [4.69, 9.17) is 16.3 Å². The van der Waals surface area contributed by atoms with Crippen LogP contribution in [0.1, 0.15) is 24.0 Å². The standard InChI is InChI=1S/C23H24ClN3O5S/c1-32-21(28)15-27(14-16-6-8-18(24)9-7-16)23(29)17-10-12-26(13-11-17)22-19-4-2-3-5-20(19)33(30,31)25-22/h2-9,17H,10-15H2,1H3. The van der Waals surface area contributed by atoms with Crippen molar-refractivity contribution < 1.29 is 22.7 Å². The van der Waals surface area contributed by atoms with Crippen molar-refractivity contribution >= 4 is 39.3 Å². The lowest BCUT2D eigenvalue weighted by molar-refractivity contribution is -0.149. The van der Waals surface area contributed by atoms with E-state index in [0.717, 1.165) is 5.56 Å². The quantitative estimate of drug-likeness (QED) is 0.599.